The molecule has 22 heteroatoms. The summed E-state index contributed by atoms with van der Waals surface area (Å²) in [6.07, 6.45) is 18.4. The molecule has 0 bridgehead atoms. The van der Waals surface area contributed by atoms with Crippen LogP contribution in [0, 0.1) is 0 Å². The Morgan fingerprint density at radius 2 is 0.756 bits per heavy atom. The van der Waals surface area contributed by atoms with E-state index in [1.54, 1.807) is 14.0 Å². The number of ether oxygens (including phenoxy) is 12. The van der Waals surface area contributed by atoms with Crippen LogP contribution in [-0.2, 0) is 80.8 Å². The molecule has 0 aromatic rings. The monoisotopic (exact) mass is 1120 g/mol. The number of carbonyl (C=O) groups is 5. The van der Waals surface area contributed by atoms with E-state index in [1.165, 1.54) is 64.2 Å². The molecule has 22 nitrogen and oxygen atoms in total. The summed E-state index contributed by atoms with van der Waals surface area (Å²) in [5.41, 5.74) is -0.521. The minimum absolute atomic E-state index is 0.0129. The molecule has 460 valence electrons. The minimum Gasteiger partial charge on any atom is -0.480 e. The van der Waals surface area contributed by atoms with Crippen molar-refractivity contribution in [1.29, 1.82) is 0 Å². The summed E-state index contributed by atoms with van der Waals surface area (Å²) in [4.78, 5) is 59.9. The fourth-order valence-corrected chi connectivity index (χ4v) is 7.40. The number of likely N-dealkylation sites (N-methyl/N-ethyl adjacent to an activating group) is 1. The van der Waals surface area contributed by atoms with Gasteiger partial charge in [0, 0.05) is 25.9 Å². The van der Waals surface area contributed by atoms with E-state index in [1.807, 2.05) is 6.92 Å². The maximum atomic E-state index is 12.3. The largest absolute Gasteiger partial charge is 0.480 e. The van der Waals surface area contributed by atoms with Gasteiger partial charge in [0.15, 0.2) is 0 Å². The van der Waals surface area contributed by atoms with Crippen molar-refractivity contribution in [3.8, 4) is 0 Å². The van der Waals surface area contributed by atoms with E-state index in [-0.39, 0.29) is 49.5 Å². The highest BCUT2D eigenvalue weighted by atomic mass is 16.6. The molecule has 0 aliphatic heterocycles. The van der Waals surface area contributed by atoms with Crippen molar-refractivity contribution in [3.63, 3.8) is 0 Å². The third-order valence-corrected chi connectivity index (χ3v) is 12.4. The molecule has 0 heterocycles. The Hall–Kier alpha value is -2.97. The van der Waals surface area contributed by atoms with Crippen LogP contribution in [0.15, 0.2) is 0 Å². The maximum absolute atomic E-state index is 12.3. The topological polar surface area (TPSA) is 264 Å². The van der Waals surface area contributed by atoms with Crippen LogP contribution in [0.5, 0.6) is 0 Å². The second-order valence-corrected chi connectivity index (χ2v) is 19.1. The summed E-state index contributed by atoms with van der Waals surface area (Å²) in [6, 6.07) is -1.09. The average Bonchev–Trinajstić information content (AvgIpc) is 3.42. The van der Waals surface area contributed by atoms with Gasteiger partial charge in [0.2, 0.25) is 17.7 Å². The Morgan fingerprint density at radius 1 is 0.410 bits per heavy atom. The van der Waals surface area contributed by atoms with E-state index >= 15 is 0 Å². The smallest absolute Gasteiger partial charge is 0.326 e. The van der Waals surface area contributed by atoms with Crippen LogP contribution in [0.4, 0.5) is 0 Å². The number of carbonyl (C=O) groups excluding carboxylic acids is 4. The van der Waals surface area contributed by atoms with Crippen LogP contribution in [0.25, 0.3) is 0 Å². The van der Waals surface area contributed by atoms with Crippen molar-refractivity contribution in [2.45, 2.75) is 154 Å². The third kappa shape index (κ3) is 53.7. The van der Waals surface area contributed by atoms with Crippen LogP contribution in [0.1, 0.15) is 143 Å². The predicted octanol–water partition coefficient (Wildman–Crippen LogP) is 4.99. The van der Waals surface area contributed by atoms with Gasteiger partial charge in [0.1, 0.15) is 18.4 Å². The van der Waals surface area contributed by atoms with Crippen LogP contribution < -0.4 is 21.3 Å². The molecular weight excluding hydrogens is 1020 g/mol. The molecule has 0 saturated carbocycles. The van der Waals surface area contributed by atoms with Gasteiger partial charge in [-0.05, 0) is 53.0 Å². The number of carboxylic acid groups (broad SMARTS) is 1. The van der Waals surface area contributed by atoms with E-state index in [0.29, 0.717) is 165 Å². The lowest BCUT2D eigenvalue weighted by atomic mass is 9.91. The van der Waals surface area contributed by atoms with Crippen molar-refractivity contribution in [2.24, 2.45) is 0 Å². The summed E-state index contributed by atoms with van der Waals surface area (Å²) in [5.74, 6) is -1.79. The summed E-state index contributed by atoms with van der Waals surface area (Å²) in [5, 5.41) is 20.7. The van der Waals surface area contributed by atoms with Gasteiger partial charge in [-0.3, -0.25) is 19.2 Å². The normalized spacial score (nSPS) is 12.6. The van der Waals surface area contributed by atoms with Gasteiger partial charge in [0.05, 0.1) is 157 Å². The second kappa shape index (κ2) is 58.7. The first-order valence-electron chi connectivity index (χ1n) is 29.2. The van der Waals surface area contributed by atoms with E-state index in [4.69, 9.17) is 56.8 Å². The van der Waals surface area contributed by atoms with Crippen LogP contribution in [0.3, 0.4) is 0 Å². The predicted molar refractivity (Wildman–Crippen MR) is 297 cm³/mol. The fourth-order valence-electron chi connectivity index (χ4n) is 7.40. The molecular formula is C56H108N4O18. The zero-order chi connectivity index (χ0) is 57.1. The highest BCUT2D eigenvalue weighted by molar-refractivity contribution is 5.85. The number of hydrogen-bond acceptors (Lipinski definition) is 18. The van der Waals surface area contributed by atoms with E-state index in [2.05, 4.69) is 28.2 Å². The number of aliphatic carboxylic acids is 1. The molecule has 0 fully saturated rings. The average molecular weight is 1130 g/mol. The standard InChI is InChI=1S/C56H108N4O18/c1-5-6-7-8-9-10-11-12-13-14-15-16-17-20-53(63)60-51(55(65)66)21-22-52(62)59-25-26-67-27-28-68-29-30-69-31-32-70-33-34-71-35-36-72-37-38-73-39-40-74-41-42-75-43-44-76-45-46-77-47-48-78-49-54(64)58-24-19-18-23-56(3,57-4)50(2)61/h51,57H,5-49H2,1-4H3,(H,58,64)(H,59,62)(H,60,63)(H,65,66)/t51-,56+/m0/s1. The number of unbranched alkanes of at least 4 members (excludes halogenated alkanes) is 13. The highest BCUT2D eigenvalue weighted by Gasteiger charge is 2.26. The molecule has 0 aliphatic rings. The van der Waals surface area contributed by atoms with Crippen molar-refractivity contribution in [2.75, 3.05) is 179 Å². The quantitative estimate of drug-likeness (QED) is 0.0503. The maximum Gasteiger partial charge on any atom is 0.326 e. The number of carboxylic acids is 1. The molecule has 0 saturated heterocycles. The van der Waals surface area contributed by atoms with Gasteiger partial charge in [-0.15, -0.1) is 0 Å². The number of ketones is 1. The van der Waals surface area contributed by atoms with E-state index in [0.717, 1.165) is 38.5 Å². The van der Waals surface area contributed by atoms with Crippen molar-refractivity contribution in [3.05, 3.63) is 0 Å². The summed E-state index contributed by atoms with van der Waals surface area (Å²) < 4.78 is 65.8. The minimum atomic E-state index is -1.14. The van der Waals surface area contributed by atoms with Crippen LogP contribution in [0.2, 0.25) is 0 Å². The number of nitrogens with one attached hydrogen (secondary N) is 4. The Morgan fingerprint density at radius 3 is 1.12 bits per heavy atom. The third-order valence-electron chi connectivity index (χ3n) is 12.4. The van der Waals surface area contributed by atoms with Crippen LogP contribution >= 0.6 is 0 Å². The summed E-state index contributed by atoms with van der Waals surface area (Å²) in [6.45, 7) is 16.2. The highest BCUT2D eigenvalue weighted by Crippen LogP contribution is 2.15. The number of rotatable bonds is 64. The van der Waals surface area contributed by atoms with Gasteiger partial charge >= 0.3 is 5.97 Å². The summed E-state index contributed by atoms with van der Waals surface area (Å²) in [7, 11) is 1.78. The lowest BCUT2D eigenvalue weighted by molar-refractivity contribution is -0.142. The van der Waals surface area contributed by atoms with Gasteiger partial charge in [-0.1, -0.05) is 84.0 Å². The van der Waals surface area contributed by atoms with Gasteiger partial charge in [-0.2, -0.15) is 0 Å². The number of Topliss-reactive ketones (excluding diaryl/α,β-unsaturated/α-hetero) is 1. The van der Waals surface area contributed by atoms with Crippen LogP contribution in [-0.4, -0.2) is 225 Å². The number of hydrogen-bond donors (Lipinski definition) is 5. The summed E-state index contributed by atoms with van der Waals surface area (Å²) >= 11 is 0. The molecule has 0 aromatic carbocycles. The van der Waals surface area contributed by atoms with E-state index in [9.17, 15) is 29.1 Å². The first-order valence-corrected chi connectivity index (χ1v) is 29.2. The lowest BCUT2D eigenvalue weighted by Crippen LogP contribution is -2.46. The second-order valence-electron chi connectivity index (χ2n) is 19.1. The van der Waals surface area contributed by atoms with Gasteiger partial charge in [0.25, 0.3) is 0 Å². The van der Waals surface area contributed by atoms with E-state index < -0.39 is 17.6 Å². The Bertz CT molecular complexity index is 1390. The Kier molecular flexibility index (Phi) is 56.4. The molecule has 78 heavy (non-hydrogen) atoms. The molecule has 5 N–H and O–H groups in total. The zero-order valence-corrected chi connectivity index (χ0v) is 48.8. The molecule has 0 rings (SSSR count). The Labute approximate surface area is 468 Å². The molecule has 0 aromatic heterocycles. The van der Waals surface area contributed by atoms with Crippen molar-refractivity contribution < 1.29 is 85.9 Å². The fraction of sp³-hybridized carbons (Fsp3) is 0.911. The molecule has 0 aliphatic carbocycles. The molecule has 3 amide bonds. The van der Waals surface area contributed by atoms with Crippen molar-refractivity contribution in [1.82, 2.24) is 21.3 Å². The lowest BCUT2D eigenvalue weighted by Gasteiger charge is -2.26. The van der Waals surface area contributed by atoms with Gasteiger partial charge in [-0.25, -0.2) is 4.79 Å². The zero-order valence-electron chi connectivity index (χ0n) is 48.8. The Balaban J connectivity index is 3.36. The molecule has 0 unspecified atom stereocenters. The molecule has 0 radical (unpaired) electrons. The molecule has 0 spiro atoms. The SMILES string of the molecule is CCCCCCCCCCCCCCCC(=O)N[C@@H](CCC(=O)NCCOCCOCCOCCOCCOCCOCCOCCOCCOCCOCCOCCOCC(=O)NCCCC[C@@](C)(NC)C(C)=O)C(=O)O. The molecule has 2 atom stereocenters. The first-order chi connectivity index (χ1) is 38.1. The van der Waals surface area contributed by atoms with Crippen molar-refractivity contribution >= 4 is 29.5 Å². The van der Waals surface area contributed by atoms with Gasteiger partial charge < -0.3 is 83.2 Å². The number of amides is 3. The first kappa shape index (κ1) is 75.0.